The summed E-state index contributed by atoms with van der Waals surface area (Å²) in [5.41, 5.74) is 5.48. The fourth-order valence-electron chi connectivity index (χ4n) is 3.81. The molecule has 3 nitrogen and oxygen atoms in total. The molecule has 0 unspecified atom stereocenters. The summed E-state index contributed by atoms with van der Waals surface area (Å²) in [5.74, 6) is 0.656. The van der Waals surface area contributed by atoms with Gasteiger partial charge in [0.05, 0.1) is 0 Å². The Kier molecular flexibility index (Phi) is 4.40. The Bertz CT molecular complexity index is 647. The number of piperidine rings is 1. The molecule has 0 bridgehead atoms. The average molecular weight is 307 g/mol. The van der Waals surface area contributed by atoms with Crippen LogP contribution in [0.2, 0.25) is 0 Å². The Morgan fingerprint density at radius 2 is 1.87 bits per heavy atom. The molecule has 0 radical (unpaired) electrons. The van der Waals surface area contributed by atoms with Crippen LogP contribution in [0.25, 0.3) is 0 Å². The number of aromatic nitrogens is 1. The Morgan fingerprint density at radius 1 is 1.04 bits per heavy atom. The molecule has 2 aromatic rings. The summed E-state index contributed by atoms with van der Waals surface area (Å²) in [6.45, 7) is 5.45. The van der Waals surface area contributed by atoms with Gasteiger partial charge in [-0.15, -0.1) is 0 Å². The van der Waals surface area contributed by atoms with E-state index < -0.39 is 0 Å². The normalized spacial score (nSPS) is 19.5. The first kappa shape index (κ1) is 14.9. The second-order valence-electron chi connectivity index (χ2n) is 6.81. The lowest BCUT2D eigenvalue weighted by molar-refractivity contribution is 0.243. The van der Waals surface area contributed by atoms with Crippen molar-refractivity contribution < 1.29 is 0 Å². The van der Waals surface area contributed by atoms with Crippen LogP contribution in [-0.4, -0.2) is 29.5 Å². The maximum Gasteiger partial charge on any atom is 0.0464 e. The Balaban J connectivity index is 1.45. The van der Waals surface area contributed by atoms with Crippen LogP contribution in [0.1, 0.15) is 41.3 Å². The maximum absolute atomic E-state index is 5.02. The summed E-state index contributed by atoms with van der Waals surface area (Å²) >= 11 is 0. The average Bonchev–Trinajstić information content (AvgIpc) is 2.63. The lowest BCUT2D eigenvalue weighted by Crippen LogP contribution is -2.31. The minimum absolute atomic E-state index is 0.656. The van der Waals surface area contributed by atoms with E-state index in [2.05, 4.69) is 52.7 Å². The minimum Gasteiger partial charge on any atom is -0.317 e. The Hall–Kier alpha value is -1.71. The molecule has 120 valence electrons. The fourth-order valence-corrected chi connectivity index (χ4v) is 3.81. The number of pyridine rings is 1. The lowest BCUT2D eigenvalue weighted by Gasteiger charge is -2.29. The molecule has 1 aromatic heterocycles. The molecule has 3 heteroatoms. The zero-order valence-electron chi connectivity index (χ0n) is 13.7. The third kappa shape index (κ3) is 3.46. The highest BCUT2D eigenvalue weighted by Crippen LogP contribution is 2.26. The van der Waals surface area contributed by atoms with Gasteiger partial charge in [0.1, 0.15) is 0 Å². The number of nitrogens with zero attached hydrogens (tertiary/aromatic N) is 2. The molecule has 4 rings (SSSR count). The van der Waals surface area contributed by atoms with E-state index in [1.54, 1.807) is 0 Å². The molecular formula is C20H25N3. The van der Waals surface area contributed by atoms with Crippen LogP contribution in [0.15, 0.2) is 42.5 Å². The second kappa shape index (κ2) is 6.81. The van der Waals surface area contributed by atoms with Gasteiger partial charge in [-0.2, -0.15) is 0 Å². The molecule has 1 aromatic carbocycles. The van der Waals surface area contributed by atoms with Crippen molar-refractivity contribution in [3.05, 3.63) is 65.0 Å². The van der Waals surface area contributed by atoms with E-state index in [1.807, 2.05) is 0 Å². The first-order valence-electron chi connectivity index (χ1n) is 8.84. The van der Waals surface area contributed by atoms with Crippen LogP contribution in [0.3, 0.4) is 0 Å². The van der Waals surface area contributed by atoms with Crippen molar-refractivity contribution in [3.8, 4) is 0 Å². The van der Waals surface area contributed by atoms with Crippen LogP contribution < -0.4 is 5.32 Å². The zero-order valence-corrected chi connectivity index (χ0v) is 13.7. The van der Waals surface area contributed by atoms with Crippen molar-refractivity contribution in [1.29, 1.82) is 0 Å². The molecule has 0 spiro atoms. The van der Waals surface area contributed by atoms with E-state index in [0.29, 0.717) is 5.92 Å². The molecule has 2 aliphatic heterocycles. The first-order chi connectivity index (χ1) is 11.4. The summed E-state index contributed by atoms with van der Waals surface area (Å²) in [5, 5.41) is 3.44. The largest absolute Gasteiger partial charge is 0.317 e. The molecule has 0 aliphatic carbocycles. The van der Waals surface area contributed by atoms with Gasteiger partial charge in [0.15, 0.2) is 0 Å². The van der Waals surface area contributed by atoms with Gasteiger partial charge in [-0.05, 0) is 43.1 Å². The van der Waals surface area contributed by atoms with Gasteiger partial charge in [0.2, 0.25) is 0 Å². The summed E-state index contributed by atoms with van der Waals surface area (Å²) in [6.07, 6.45) is 3.54. The third-order valence-electron chi connectivity index (χ3n) is 5.16. The van der Waals surface area contributed by atoms with Crippen molar-refractivity contribution >= 4 is 0 Å². The van der Waals surface area contributed by atoms with Crippen molar-refractivity contribution in [3.63, 3.8) is 0 Å². The van der Waals surface area contributed by atoms with Crippen LogP contribution in [0.5, 0.6) is 0 Å². The number of nitrogens with one attached hydrogen (secondary N) is 1. The topological polar surface area (TPSA) is 28.2 Å². The first-order valence-corrected chi connectivity index (χ1v) is 8.84. The van der Waals surface area contributed by atoms with E-state index in [4.69, 9.17) is 4.98 Å². The molecule has 2 aliphatic rings. The Labute approximate surface area is 138 Å². The van der Waals surface area contributed by atoms with Crippen molar-refractivity contribution in [2.45, 2.75) is 38.3 Å². The molecule has 1 fully saturated rings. The molecule has 23 heavy (non-hydrogen) atoms. The van der Waals surface area contributed by atoms with Crippen LogP contribution >= 0.6 is 0 Å². The van der Waals surface area contributed by atoms with Gasteiger partial charge in [0.25, 0.3) is 0 Å². The standard InChI is InChI=1S/C20H25N3/c1-2-4-16(5-3-1)14-23-13-10-20-18(15-23)6-7-19(22-20)17-8-11-21-12-9-17/h1-7,17,21H,8-15H2. The highest BCUT2D eigenvalue weighted by atomic mass is 15.1. The maximum atomic E-state index is 5.02. The molecule has 0 atom stereocenters. The molecule has 1 N–H and O–H groups in total. The highest BCUT2D eigenvalue weighted by Gasteiger charge is 2.21. The number of benzene rings is 1. The number of hydrogen-bond acceptors (Lipinski definition) is 3. The number of fused-ring (bicyclic) bond motifs is 1. The quantitative estimate of drug-likeness (QED) is 0.944. The molecule has 3 heterocycles. The van der Waals surface area contributed by atoms with Gasteiger partial charge in [-0.25, -0.2) is 0 Å². The van der Waals surface area contributed by atoms with E-state index in [9.17, 15) is 0 Å². The summed E-state index contributed by atoms with van der Waals surface area (Å²) in [4.78, 5) is 7.56. The zero-order chi connectivity index (χ0) is 15.5. The van der Waals surface area contributed by atoms with Gasteiger partial charge < -0.3 is 5.32 Å². The van der Waals surface area contributed by atoms with Gasteiger partial charge >= 0.3 is 0 Å². The van der Waals surface area contributed by atoms with E-state index in [0.717, 1.165) is 39.1 Å². The SMILES string of the molecule is c1ccc(CN2CCc3nc(C4CCNCC4)ccc3C2)cc1. The molecule has 0 saturated carbocycles. The van der Waals surface area contributed by atoms with Crippen molar-refractivity contribution in [2.75, 3.05) is 19.6 Å². The van der Waals surface area contributed by atoms with Gasteiger partial charge in [-0.3, -0.25) is 9.88 Å². The van der Waals surface area contributed by atoms with Crippen LogP contribution in [-0.2, 0) is 19.5 Å². The summed E-state index contributed by atoms with van der Waals surface area (Å²) < 4.78 is 0. The van der Waals surface area contributed by atoms with Crippen LogP contribution in [0, 0.1) is 0 Å². The summed E-state index contributed by atoms with van der Waals surface area (Å²) in [6, 6.07) is 15.4. The monoisotopic (exact) mass is 307 g/mol. The van der Waals surface area contributed by atoms with E-state index >= 15 is 0 Å². The smallest absolute Gasteiger partial charge is 0.0464 e. The number of rotatable bonds is 3. The fraction of sp³-hybridized carbons (Fsp3) is 0.450. The van der Waals surface area contributed by atoms with Gasteiger partial charge in [-0.1, -0.05) is 36.4 Å². The van der Waals surface area contributed by atoms with Crippen molar-refractivity contribution in [2.24, 2.45) is 0 Å². The highest BCUT2D eigenvalue weighted by molar-refractivity contribution is 5.27. The number of hydrogen-bond donors (Lipinski definition) is 1. The molecule has 0 amide bonds. The lowest BCUT2D eigenvalue weighted by atomic mass is 9.93. The van der Waals surface area contributed by atoms with Crippen LogP contribution in [0.4, 0.5) is 0 Å². The van der Waals surface area contributed by atoms with Gasteiger partial charge in [0, 0.05) is 43.4 Å². The molecular weight excluding hydrogens is 282 g/mol. The minimum atomic E-state index is 0.656. The van der Waals surface area contributed by atoms with Crippen molar-refractivity contribution in [1.82, 2.24) is 15.2 Å². The second-order valence-corrected chi connectivity index (χ2v) is 6.81. The predicted molar refractivity (Wildman–Crippen MR) is 93.3 cm³/mol. The summed E-state index contributed by atoms with van der Waals surface area (Å²) in [7, 11) is 0. The van der Waals surface area contributed by atoms with E-state index in [1.165, 1.54) is 35.4 Å². The van der Waals surface area contributed by atoms with E-state index in [-0.39, 0.29) is 0 Å². The molecule has 1 saturated heterocycles. The third-order valence-corrected chi connectivity index (χ3v) is 5.16. The Morgan fingerprint density at radius 3 is 2.70 bits per heavy atom. The predicted octanol–water partition coefficient (Wildman–Crippen LogP) is 3.11.